The molecule has 2 atom stereocenters. The van der Waals surface area contributed by atoms with Crippen molar-refractivity contribution in [3.8, 4) is 0 Å². The largest absolute Gasteiger partial charge is 0.481 e. The van der Waals surface area contributed by atoms with Crippen molar-refractivity contribution in [3.63, 3.8) is 0 Å². The van der Waals surface area contributed by atoms with Crippen LogP contribution in [0.15, 0.2) is 53.4 Å². The average molecular weight is 399 g/mol. The Morgan fingerprint density at radius 3 is 2.44 bits per heavy atom. The van der Waals surface area contributed by atoms with Gasteiger partial charge < -0.3 is 5.11 Å². The Balaban J connectivity index is 2.17. The van der Waals surface area contributed by atoms with Crippen LogP contribution < -0.4 is 4.31 Å². The summed E-state index contributed by atoms with van der Waals surface area (Å²) < 4.78 is 66.3. The number of fused-ring (bicyclic) bond motifs is 1. The van der Waals surface area contributed by atoms with Gasteiger partial charge in [-0.25, -0.2) is 8.42 Å². The van der Waals surface area contributed by atoms with E-state index in [1.165, 1.54) is 13.0 Å². The Morgan fingerprint density at radius 2 is 1.81 bits per heavy atom. The van der Waals surface area contributed by atoms with Gasteiger partial charge in [-0.3, -0.25) is 9.10 Å². The summed E-state index contributed by atoms with van der Waals surface area (Å²) >= 11 is 0. The van der Waals surface area contributed by atoms with Crippen molar-refractivity contribution in [2.45, 2.75) is 30.5 Å². The van der Waals surface area contributed by atoms with Crippen LogP contribution >= 0.6 is 0 Å². The predicted molar refractivity (Wildman–Crippen MR) is 91.8 cm³/mol. The fourth-order valence-electron chi connectivity index (χ4n) is 3.28. The highest BCUT2D eigenvalue weighted by Gasteiger charge is 2.42. The van der Waals surface area contributed by atoms with E-state index in [0.717, 1.165) is 22.5 Å². The standard InChI is InChI=1S/C18H16F3NO4S/c1-11-15(17(23)24)9-12-5-2-3-8-16(12)22(11)27(25,26)14-7-4-6-13(10-14)18(19,20)21/h2-8,10-11,15H,9H2,1H3,(H,23,24)/t11-,15-/m1/s1. The maximum atomic E-state index is 13.2. The molecule has 3 rings (SSSR count). The van der Waals surface area contributed by atoms with Gasteiger partial charge in [-0.1, -0.05) is 24.3 Å². The number of hydrogen-bond donors (Lipinski definition) is 1. The van der Waals surface area contributed by atoms with Gasteiger partial charge in [-0.2, -0.15) is 13.2 Å². The van der Waals surface area contributed by atoms with Gasteiger partial charge in [0.05, 0.1) is 28.1 Å². The van der Waals surface area contributed by atoms with Gasteiger partial charge in [0.25, 0.3) is 10.0 Å². The molecule has 0 radical (unpaired) electrons. The van der Waals surface area contributed by atoms with Gasteiger partial charge in [0.1, 0.15) is 0 Å². The Hall–Kier alpha value is -2.55. The summed E-state index contributed by atoms with van der Waals surface area (Å²) in [7, 11) is -4.40. The molecule has 0 saturated heterocycles. The van der Waals surface area contributed by atoms with E-state index in [0.29, 0.717) is 11.6 Å². The van der Waals surface area contributed by atoms with Crippen LogP contribution in [-0.2, 0) is 27.4 Å². The van der Waals surface area contributed by atoms with E-state index in [2.05, 4.69) is 0 Å². The minimum Gasteiger partial charge on any atom is -0.481 e. The van der Waals surface area contributed by atoms with Crippen molar-refractivity contribution in [3.05, 3.63) is 59.7 Å². The molecule has 9 heteroatoms. The van der Waals surface area contributed by atoms with Crippen molar-refractivity contribution in [1.29, 1.82) is 0 Å². The number of alkyl halides is 3. The SMILES string of the molecule is C[C@@H]1[C@H](C(=O)O)Cc2ccccc2N1S(=O)(=O)c1cccc(C(F)(F)F)c1. The van der Waals surface area contributed by atoms with Gasteiger partial charge in [0.2, 0.25) is 0 Å². The van der Waals surface area contributed by atoms with Crippen molar-refractivity contribution in [2.75, 3.05) is 4.31 Å². The molecule has 27 heavy (non-hydrogen) atoms. The van der Waals surface area contributed by atoms with Crippen LogP contribution in [0.3, 0.4) is 0 Å². The Kier molecular flexibility index (Phi) is 4.67. The number of hydrogen-bond acceptors (Lipinski definition) is 3. The first kappa shape index (κ1) is 19.2. The summed E-state index contributed by atoms with van der Waals surface area (Å²) in [6.45, 7) is 1.44. The molecule has 0 aromatic heterocycles. The fraction of sp³-hybridized carbons (Fsp3) is 0.278. The summed E-state index contributed by atoms with van der Waals surface area (Å²) in [6.07, 6.45) is -4.55. The smallest absolute Gasteiger partial charge is 0.416 e. The van der Waals surface area contributed by atoms with Crippen LogP contribution in [0.4, 0.5) is 18.9 Å². The number of aliphatic carboxylic acids is 1. The second kappa shape index (κ2) is 6.56. The molecular formula is C18H16F3NO4S. The molecule has 1 aliphatic heterocycles. The van der Waals surface area contributed by atoms with E-state index < -0.39 is 44.6 Å². The van der Waals surface area contributed by atoms with Crippen LogP contribution in [0.5, 0.6) is 0 Å². The third-order valence-corrected chi connectivity index (χ3v) is 6.55. The number of carboxylic acids is 1. The van der Waals surface area contributed by atoms with Gasteiger partial charge in [0, 0.05) is 0 Å². The van der Waals surface area contributed by atoms with Crippen LogP contribution in [0.2, 0.25) is 0 Å². The lowest BCUT2D eigenvalue weighted by Gasteiger charge is -2.39. The topological polar surface area (TPSA) is 74.7 Å². The second-order valence-corrected chi connectivity index (χ2v) is 8.16. The molecular weight excluding hydrogens is 383 g/mol. The molecule has 0 amide bonds. The first-order valence-electron chi connectivity index (χ1n) is 8.06. The molecule has 2 aromatic carbocycles. The van der Waals surface area contributed by atoms with Crippen LogP contribution in [0.1, 0.15) is 18.1 Å². The van der Waals surface area contributed by atoms with E-state index in [9.17, 15) is 31.5 Å². The van der Waals surface area contributed by atoms with Crippen molar-refractivity contribution >= 4 is 21.7 Å². The van der Waals surface area contributed by atoms with Crippen molar-refractivity contribution < 1.29 is 31.5 Å². The number of carbonyl (C=O) groups is 1. The molecule has 5 nitrogen and oxygen atoms in total. The maximum absolute atomic E-state index is 13.2. The third kappa shape index (κ3) is 3.39. The van der Waals surface area contributed by atoms with E-state index in [4.69, 9.17) is 0 Å². The number of nitrogens with zero attached hydrogens (tertiary/aromatic N) is 1. The highest BCUT2D eigenvalue weighted by molar-refractivity contribution is 7.92. The Bertz CT molecular complexity index is 988. The molecule has 144 valence electrons. The lowest BCUT2D eigenvalue weighted by molar-refractivity contribution is -0.142. The average Bonchev–Trinajstić information content (AvgIpc) is 2.60. The third-order valence-electron chi connectivity index (χ3n) is 4.66. The zero-order valence-corrected chi connectivity index (χ0v) is 15.0. The molecule has 0 spiro atoms. The minimum atomic E-state index is -4.69. The number of carboxylic acid groups (broad SMARTS) is 1. The highest BCUT2D eigenvalue weighted by Crippen LogP contribution is 2.39. The zero-order valence-electron chi connectivity index (χ0n) is 14.1. The zero-order chi connectivity index (χ0) is 20.0. The lowest BCUT2D eigenvalue weighted by Crippen LogP contribution is -2.49. The first-order valence-corrected chi connectivity index (χ1v) is 9.50. The van der Waals surface area contributed by atoms with Gasteiger partial charge in [-0.15, -0.1) is 0 Å². The maximum Gasteiger partial charge on any atom is 0.416 e. The number of rotatable bonds is 3. The molecule has 1 aliphatic rings. The number of halogens is 3. The molecule has 0 saturated carbocycles. The Labute approximate surface area is 154 Å². The minimum absolute atomic E-state index is 0.140. The quantitative estimate of drug-likeness (QED) is 0.857. The molecule has 2 aromatic rings. The van der Waals surface area contributed by atoms with Gasteiger partial charge >= 0.3 is 12.1 Å². The number of benzene rings is 2. The summed E-state index contributed by atoms with van der Waals surface area (Å²) in [6, 6.07) is 8.87. The summed E-state index contributed by atoms with van der Waals surface area (Å²) in [5.74, 6) is -2.18. The second-order valence-electron chi connectivity index (χ2n) is 6.34. The molecule has 0 aliphatic carbocycles. The van der Waals surface area contributed by atoms with Crippen molar-refractivity contribution in [2.24, 2.45) is 5.92 Å². The normalized spacial score (nSPS) is 20.2. The van der Waals surface area contributed by atoms with Crippen LogP contribution in [0, 0.1) is 5.92 Å². The Morgan fingerprint density at radius 1 is 1.15 bits per heavy atom. The van der Waals surface area contributed by atoms with Gasteiger partial charge in [-0.05, 0) is 43.2 Å². The predicted octanol–water partition coefficient (Wildman–Crippen LogP) is 3.55. The number of sulfonamides is 1. The van der Waals surface area contributed by atoms with Crippen LogP contribution in [-0.4, -0.2) is 25.5 Å². The van der Waals surface area contributed by atoms with E-state index in [-0.39, 0.29) is 12.1 Å². The number of para-hydroxylation sites is 1. The van der Waals surface area contributed by atoms with Gasteiger partial charge in [0.15, 0.2) is 0 Å². The molecule has 1 N–H and O–H groups in total. The molecule has 0 unspecified atom stereocenters. The molecule has 0 fully saturated rings. The highest BCUT2D eigenvalue weighted by atomic mass is 32.2. The first-order chi connectivity index (χ1) is 12.5. The lowest BCUT2D eigenvalue weighted by atomic mass is 9.88. The molecule has 0 bridgehead atoms. The summed E-state index contributed by atoms with van der Waals surface area (Å²) in [5, 5.41) is 9.47. The summed E-state index contributed by atoms with van der Waals surface area (Å²) in [5.41, 5.74) is -0.297. The summed E-state index contributed by atoms with van der Waals surface area (Å²) in [4.78, 5) is 11.1. The van der Waals surface area contributed by atoms with Crippen LogP contribution in [0.25, 0.3) is 0 Å². The van der Waals surface area contributed by atoms with E-state index >= 15 is 0 Å². The molecule has 1 heterocycles. The van der Waals surface area contributed by atoms with E-state index in [1.807, 2.05) is 0 Å². The monoisotopic (exact) mass is 399 g/mol. The van der Waals surface area contributed by atoms with Crippen molar-refractivity contribution in [1.82, 2.24) is 0 Å². The fourth-order valence-corrected chi connectivity index (χ4v) is 5.05. The number of anilines is 1. The van der Waals surface area contributed by atoms with E-state index in [1.54, 1.807) is 18.2 Å².